The molecule has 2 aromatic rings. The maximum Gasteiger partial charge on any atom is 0.523 e. The monoisotopic (exact) mass is 674 g/mol. The molecule has 0 bridgehead atoms. The van der Waals surface area contributed by atoms with Crippen molar-refractivity contribution in [2.45, 2.75) is 44.7 Å². The van der Waals surface area contributed by atoms with Crippen LogP contribution < -0.4 is 0 Å². The van der Waals surface area contributed by atoms with Crippen molar-refractivity contribution in [1.82, 2.24) is 0 Å². The van der Waals surface area contributed by atoms with Gasteiger partial charge in [0, 0.05) is 15.2 Å². The minimum absolute atomic E-state index is 0.187. The normalized spacial score (nSPS) is 20.3. The number of hydrogen-bond donors (Lipinski definition) is 0. The first kappa shape index (κ1) is 32.9. The van der Waals surface area contributed by atoms with E-state index in [0.29, 0.717) is 12.1 Å². The van der Waals surface area contributed by atoms with E-state index in [1.807, 2.05) is 0 Å². The van der Waals surface area contributed by atoms with E-state index in [-0.39, 0.29) is 24.3 Å². The topological polar surface area (TPSA) is 43.4 Å². The second kappa shape index (κ2) is 7.71. The van der Waals surface area contributed by atoms with Gasteiger partial charge in [-0.2, -0.15) is 21.6 Å². The van der Waals surface area contributed by atoms with E-state index >= 15 is 0 Å². The van der Waals surface area contributed by atoms with Crippen LogP contribution in [0.4, 0.5) is 52.0 Å². The highest BCUT2D eigenvalue weighted by atomic mass is 32.5. The molecule has 0 saturated heterocycles. The van der Waals surface area contributed by atoms with Gasteiger partial charge in [-0.25, -0.2) is 3.63 Å². The van der Waals surface area contributed by atoms with Gasteiger partial charge in [0.15, 0.2) is 0 Å². The molecule has 3 nitrogen and oxygen atoms in total. The van der Waals surface area contributed by atoms with Crippen LogP contribution in [0.2, 0.25) is 19.6 Å². The van der Waals surface area contributed by atoms with Crippen molar-refractivity contribution in [2.24, 2.45) is 0 Å². The molecule has 0 fully saturated rings. The molecular formula is C17H19F13O3S4Si. The van der Waals surface area contributed by atoms with Gasteiger partial charge in [0.25, 0.3) is 0 Å². The largest absolute Gasteiger partial charge is 0.523 e. The molecule has 0 radical (unpaired) electrons. The predicted octanol–water partition coefficient (Wildman–Crippen LogP) is 10.9. The van der Waals surface area contributed by atoms with Gasteiger partial charge in [-0.3, -0.25) is 0 Å². The summed E-state index contributed by atoms with van der Waals surface area (Å²) in [5.41, 5.74) is -6.28. The minimum Gasteiger partial charge on any atom is -0.204 e. The van der Waals surface area contributed by atoms with Crippen molar-refractivity contribution in [3.05, 3.63) is 48.5 Å². The number of benzene rings is 2. The van der Waals surface area contributed by atoms with E-state index in [4.69, 9.17) is 0 Å². The Hall–Kier alpha value is -1.29. The summed E-state index contributed by atoms with van der Waals surface area (Å²) in [6.07, 6.45) is 0. The van der Waals surface area contributed by atoms with Crippen molar-refractivity contribution in [2.75, 3.05) is 5.38 Å². The highest BCUT2D eigenvalue weighted by Gasteiger charge is 2.67. The molecule has 0 N–H and O–H groups in total. The Kier molecular flexibility index (Phi) is 6.68. The molecule has 224 valence electrons. The zero-order valence-corrected chi connectivity index (χ0v) is 23.4. The summed E-state index contributed by atoms with van der Waals surface area (Å²) in [6.45, 7) is 3.88. The van der Waals surface area contributed by atoms with Gasteiger partial charge in [0.05, 0.1) is 8.07 Å². The van der Waals surface area contributed by atoms with Crippen LogP contribution in [0.5, 0.6) is 0 Å². The molecule has 0 saturated carbocycles. The van der Waals surface area contributed by atoms with Gasteiger partial charge in [-0.05, 0) is 36.4 Å². The Morgan fingerprint density at radius 3 is 1.32 bits per heavy atom. The van der Waals surface area contributed by atoms with Crippen molar-refractivity contribution in [3.8, 4) is 0 Å². The fourth-order valence-corrected chi connectivity index (χ4v) is 15.1. The summed E-state index contributed by atoms with van der Waals surface area (Å²) in [6, 6.07) is 0.158. The van der Waals surface area contributed by atoms with E-state index in [1.54, 1.807) is 0 Å². The fourth-order valence-electron chi connectivity index (χ4n) is 3.05. The van der Waals surface area contributed by atoms with Gasteiger partial charge < -0.3 is 0 Å². The molecule has 0 aromatic heterocycles. The molecule has 0 amide bonds. The average molecular weight is 675 g/mol. The summed E-state index contributed by atoms with van der Waals surface area (Å²) in [5.74, 6) is 0. The lowest BCUT2D eigenvalue weighted by Gasteiger charge is -2.46. The molecular weight excluding hydrogens is 656 g/mol. The Labute approximate surface area is 211 Å². The van der Waals surface area contributed by atoms with Gasteiger partial charge in [-0.15, -0.1) is 0 Å². The van der Waals surface area contributed by atoms with Crippen LogP contribution in [0.25, 0.3) is 0 Å². The van der Waals surface area contributed by atoms with Crippen LogP contribution in [0.3, 0.4) is 0 Å². The SMILES string of the molecule is C[Si](C)(C)CS(OS(=O)(=O)C(F)(F)F)(c1cccc(S(F)(F)(F)(F)F)c1)c1cccc(S(F)(F)(F)(F)F)c1. The second-order valence-electron chi connectivity index (χ2n) is 9.24. The Balaban J connectivity index is 3.16. The minimum atomic E-state index is -10.6. The molecule has 0 aliphatic carbocycles. The number of hydrogen-bond acceptors (Lipinski definition) is 3. The summed E-state index contributed by atoms with van der Waals surface area (Å²) in [5, 5.41) is -0.997. The summed E-state index contributed by atoms with van der Waals surface area (Å²) < 4.78 is 204. The summed E-state index contributed by atoms with van der Waals surface area (Å²) >= 11 is 0. The molecule has 21 heteroatoms. The maximum absolute atomic E-state index is 13.5. The standard InChI is InChI=1S/C17H19F13O3S4Si/c1-38(2,3)12-34(33-35(31,32)17(18,19)20,13-6-4-8-15(10-13)36(21,22,23,24)25)14-7-5-9-16(11-14)37(26,27,28,29)30/h4-11H,12H2,1-3H3. The highest BCUT2D eigenvalue weighted by molar-refractivity contribution is 8.46. The van der Waals surface area contributed by atoms with Gasteiger partial charge in [0.1, 0.15) is 9.79 Å². The van der Waals surface area contributed by atoms with Crippen molar-refractivity contribution < 1.29 is 64.1 Å². The number of rotatable bonds is 8. The molecule has 0 unspecified atom stereocenters. The molecule has 0 aliphatic heterocycles. The number of alkyl halides is 3. The quantitative estimate of drug-likeness (QED) is 0.159. The zero-order valence-electron chi connectivity index (χ0n) is 19.1. The average Bonchev–Trinajstić information content (AvgIpc) is 2.62. The zero-order chi connectivity index (χ0) is 30.2. The summed E-state index contributed by atoms with van der Waals surface area (Å²) in [4.78, 5) is -8.05. The molecule has 0 spiro atoms. The lowest BCUT2D eigenvalue weighted by atomic mass is 10.4. The van der Waals surface area contributed by atoms with Crippen LogP contribution in [0.1, 0.15) is 0 Å². The fraction of sp³-hybridized carbons (Fsp3) is 0.294. The lowest BCUT2D eigenvalue weighted by molar-refractivity contribution is -0.0496. The van der Waals surface area contributed by atoms with E-state index in [1.165, 1.54) is 19.6 Å². The first-order valence-corrected chi connectivity index (χ1v) is 20.3. The van der Waals surface area contributed by atoms with Crippen LogP contribution in [0.15, 0.2) is 68.1 Å². The Morgan fingerprint density at radius 1 is 0.711 bits per heavy atom. The van der Waals surface area contributed by atoms with Crippen LogP contribution in [-0.4, -0.2) is 27.4 Å². The molecule has 0 atom stereocenters. The smallest absolute Gasteiger partial charge is 0.204 e. The Morgan fingerprint density at radius 2 is 1.05 bits per heavy atom. The Bertz CT molecular complexity index is 1290. The van der Waals surface area contributed by atoms with Gasteiger partial charge in [0.2, 0.25) is 0 Å². The second-order valence-corrected chi connectivity index (χ2v) is 24.5. The van der Waals surface area contributed by atoms with Crippen molar-refractivity contribution in [1.29, 1.82) is 0 Å². The molecule has 0 heterocycles. The predicted molar refractivity (Wildman–Crippen MR) is 124 cm³/mol. The molecule has 38 heavy (non-hydrogen) atoms. The first-order valence-electron chi connectivity index (χ1n) is 9.58. The van der Waals surface area contributed by atoms with Crippen molar-refractivity contribution >= 4 is 48.9 Å². The van der Waals surface area contributed by atoms with E-state index in [0.717, 1.165) is 0 Å². The number of halogens is 13. The van der Waals surface area contributed by atoms with Crippen molar-refractivity contribution in [3.63, 3.8) is 0 Å². The van der Waals surface area contributed by atoms with Gasteiger partial charge >= 0.3 is 36.1 Å². The van der Waals surface area contributed by atoms with Crippen LogP contribution >= 0.6 is 30.8 Å². The molecule has 2 rings (SSSR count). The van der Waals surface area contributed by atoms with Gasteiger partial charge in [-0.1, -0.05) is 80.9 Å². The molecule has 0 aliphatic rings. The van der Waals surface area contributed by atoms with Crippen LogP contribution in [0, 0.1) is 0 Å². The first-order chi connectivity index (χ1) is 16.1. The third-order valence-corrected chi connectivity index (χ3v) is 16.0. The van der Waals surface area contributed by atoms with E-state index < -0.39 is 91.5 Å². The third kappa shape index (κ3) is 7.67. The maximum atomic E-state index is 13.5. The highest BCUT2D eigenvalue weighted by Crippen LogP contribution is 3.03. The van der Waals surface area contributed by atoms with E-state index in [9.17, 15) is 60.4 Å². The third-order valence-electron chi connectivity index (χ3n) is 4.39. The molecule has 2 aromatic carbocycles. The van der Waals surface area contributed by atoms with E-state index in [2.05, 4.69) is 3.63 Å². The summed E-state index contributed by atoms with van der Waals surface area (Å²) in [7, 11) is -36.0. The van der Waals surface area contributed by atoms with Crippen LogP contribution in [-0.2, 0) is 13.7 Å². The lowest BCUT2D eigenvalue weighted by Crippen LogP contribution is -2.35.